The van der Waals surface area contributed by atoms with Gasteiger partial charge in [-0.15, -0.1) is 0 Å². The normalized spacial score (nSPS) is 12.9. The lowest BCUT2D eigenvalue weighted by Gasteiger charge is -2.20. The molecule has 176 valence electrons. The standard InChI is InChI=1S/C27H27NO6/c1-16-12-17(32-2)13-25(33-3)22(16)14-24(26(29)30)28-27(31)34-15-23-20-10-6-4-8-18(20)19-9-5-7-11-21(19)23/h4-13,23-24H,14-15H2,1-3H3,(H,28,31)(H,29,30). The minimum Gasteiger partial charge on any atom is -0.497 e. The summed E-state index contributed by atoms with van der Waals surface area (Å²) in [5.74, 6) is -0.164. The number of ether oxygens (including phenoxy) is 3. The fraction of sp³-hybridized carbons (Fsp3) is 0.259. The van der Waals surface area contributed by atoms with Crippen LogP contribution in [0.3, 0.4) is 0 Å². The van der Waals surface area contributed by atoms with E-state index in [1.807, 2.05) is 43.3 Å². The number of benzene rings is 3. The molecule has 4 rings (SSSR count). The van der Waals surface area contributed by atoms with Gasteiger partial charge in [0.15, 0.2) is 0 Å². The first-order valence-electron chi connectivity index (χ1n) is 11.0. The van der Waals surface area contributed by atoms with Crippen LogP contribution >= 0.6 is 0 Å². The van der Waals surface area contributed by atoms with Crippen molar-refractivity contribution in [3.8, 4) is 22.6 Å². The van der Waals surface area contributed by atoms with Gasteiger partial charge in [0.25, 0.3) is 0 Å². The molecule has 1 amide bonds. The number of carboxylic acids is 1. The number of rotatable bonds is 8. The molecule has 0 aromatic heterocycles. The minimum absolute atomic E-state index is 0.0402. The molecule has 7 heteroatoms. The van der Waals surface area contributed by atoms with E-state index in [1.54, 1.807) is 19.2 Å². The monoisotopic (exact) mass is 461 g/mol. The molecule has 1 aliphatic carbocycles. The van der Waals surface area contributed by atoms with E-state index >= 15 is 0 Å². The summed E-state index contributed by atoms with van der Waals surface area (Å²) in [4.78, 5) is 24.5. The van der Waals surface area contributed by atoms with Crippen LogP contribution in [0.25, 0.3) is 11.1 Å². The van der Waals surface area contributed by atoms with Gasteiger partial charge < -0.3 is 24.6 Å². The number of methoxy groups -OCH3 is 2. The molecule has 0 saturated carbocycles. The number of nitrogens with one attached hydrogen (secondary N) is 1. The number of carbonyl (C=O) groups excluding carboxylic acids is 1. The highest BCUT2D eigenvalue weighted by Gasteiger charge is 2.30. The van der Waals surface area contributed by atoms with Gasteiger partial charge >= 0.3 is 12.1 Å². The summed E-state index contributed by atoms with van der Waals surface area (Å²) in [7, 11) is 3.05. The second-order valence-corrected chi connectivity index (χ2v) is 8.19. The first-order chi connectivity index (χ1) is 16.4. The van der Waals surface area contributed by atoms with Crippen LogP contribution < -0.4 is 14.8 Å². The average Bonchev–Trinajstić information content (AvgIpc) is 3.16. The van der Waals surface area contributed by atoms with Gasteiger partial charge in [0, 0.05) is 18.4 Å². The van der Waals surface area contributed by atoms with Crippen molar-refractivity contribution in [2.24, 2.45) is 0 Å². The largest absolute Gasteiger partial charge is 0.497 e. The number of hydrogen-bond acceptors (Lipinski definition) is 5. The van der Waals surface area contributed by atoms with E-state index in [2.05, 4.69) is 17.4 Å². The molecule has 1 aliphatic rings. The summed E-state index contributed by atoms with van der Waals surface area (Å²) in [6.45, 7) is 1.95. The fourth-order valence-corrected chi connectivity index (χ4v) is 4.50. The van der Waals surface area contributed by atoms with Gasteiger partial charge in [-0.05, 0) is 46.4 Å². The van der Waals surface area contributed by atoms with E-state index in [9.17, 15) is 14.7 Å². The molecule has 1 unspecified atom stereocenters. The predicted octanol–water partition coefficient (Wildman–Crippen LogP) is 4.55. The van der Waals surface area contributed by atoms with Crippen LogP contribution in [0, 0.1) is 6.92 Å². The summed E-state index contributed by atoms with van der Waals surface area (Å²) in [5, 5.41) is 12.2. The molecule has 3 aromatic carbocycles. The summed E-state index contributed by atoms with van der Waals surface area (Å²) in [6, 6.07) is 18.4. The Morgan fingerprint density at radius 2 is 1.59 bits per heavy atom. The topological polar surface area (TPSA) is 94.1 Å². The van der Waals surface area contributed by atoms with Gasteiger partial charge in [-0.3, -0.25) is 0 Å². The van der Waals surface area contributed by atoms with Gasteiger partial charge in [0.05, 0.1) is 14.2 Å². The molecule has 0 fully saturated rings. The maximum Gasteiger partial charge on any atom is 0.407 e. The van der Waals surface area contributed by atoms with Crippen LogP contribution in [0.2, 0.25) is 0 Å². The number of carboxylic acid groups (broad SMARTS) is 1. The molecule has 0 saturated heterocycles. The molecule has 0 bridgehead atoms. The van der Waals surface area contributed by atoms with Crippen molar-refractivity contribution < 1.29 is 28.9 Å². The van der Waals surface area contributed by atoms with Gasteiger partial charge in [0.1, 0.15) is 24.1 Å². The quantitative estimate of drug-likeness (QED) is 0.511. The van der Waals surface area contributed by atoms with Crippen LogP contribution in [0.1, 0.15) is 28.2 Å². The Morgan fingerprint density at radius 3 is 2.15 bits per heavy atom. The Hall–Kier alpha value is -4.00. The van der Waals surface area contributed by atoms with Crippen molar-refractivity contribution in [1.82, 2.24) is 5.32 Å². The summed E-state index contributed by atoms with van der Waals surface area (Å²) in [6.07, 6.45) is -0.738. The van der Waals surface area contributed by atoms with Crippen molar-refractivity contribution in [3.63, 3.8) is 0 Å². The highest BCUT2D eigenvalue weighted by molar-refractivity contribution is 5.81. The Kier molecular flexibility index (Phi) is 6.72. The van der Waals surface area contributed by atoms with E-state index in [1.165, 1.54) is 7.11 Å². The van der Waals surface area contributed by atoms with E-state index in [0.717, 1.165) is 27.8 Å². The number of aliphatic carboxylic acids is 1. The zero-order valence-electron chi connectivity index (χ0n) is 19.3. The number of hydrogen-bond donors (Lipinski definition) is 2. The van der Waals surface area contributed by atoms with Crippen molar-refractivity contribution in [1.29, 1.82) is 0 Å². The van der Waals surface area contributed by atoms with Gasteiger partial charge in [-0.25, -0.2) is 9.59 Å². The van der Waals surface area contributed by atoms with E-state index in [4.69, 9.17) is 14.2 Å². The summed E-state index contributed by atoms with van der Waals surface area (Å²) in [5.41, 5.74) is 5.90. The molecular weight excluding hydrogens is 434 g/mol. The number of amides is 1. The van der Waals surface area contributed by atoms with Crippen LogP contribution in [0.15, 0.2) is 60.7 Å². The lowest BCUT2D eigenvalue weighted by atomic mass is 9.98. The Bertz CT molecular complexity index is 1180. The molecule has 3 aromatic rings. The molecule has 0 aliphatic heterocycles. The third-order valence-corrected chi connectivity index (χ3v) is 6.20. The van der Waals surface area contributed by atoms with Crippen LogP contribution in [-0.4, -0.2) is 44.0 Å². The number of alkyl carbamates (subject to hydrolysis) is 1. The molecule has 0 spiro atoms. The Morgan fingerprint density at radius 1 is 0.971 bits per heavy atom. The predicted molar refractivity (Wildman–Crippen MR) is 128 cm³/mol. The van der Waals surface area contributed by atoms with Crippen molar-refractivity contribution >= 4 is 12.1 Å². The van der Waals surface area contributed by atoms with Crippen molar-refractivity contribution in [2.75, 3.05) is 20.8 Å². The average molecular weight is 462 g/mol. The maximum absolute atomic E-state index is 12.6. The molecule has 34 heavy (non-hydrogen) atoms. The zero-order valence-corrected chi connectivity index (χ0v) is 19.3. The third kappa shape index (κ3) is 4.55. The first-order valence-corrected chi connectivity index (χ1v) is 11.0. The van der Waals surface area contributed by atoms with Crippen molar-refractivity contribution in [3.05, 3.63) is 82.9 Å². The van der Waals surface area contributed by atoms with E-state index < -0.39 is 18.1 Å². The Balaban J connectivity index is 1.47. The lowest BCUT2D eigenvalue weighted by molar-refractivity contribution is -0.139. The number of aryl methyl sites for hydroxylation is 1. The lowest BCUT2D eigenvalue weighted by Crippen LogP contribution is -2.43. The van der Waals surface area contributed by atoms with E-state index in [0.29, 0.717) is 17.1 Å². The molecular formula is C27H27NO6. The van der Waals surface area contributed by atoms with Crippen LogP contribution in [0.4, 0.5) is 4.79 Å². The second-order valence-electron chi connectivity index (χ2n) is 8.19. The minimum atomic E-state index is -1.18. The molecule has 1 atom stereocenters. The number of fused-ring (bicyclic) bond motifs is 3. The Labute approximate surface area is 198 Å². The number of carbonyl (C=O) groups is 2. The molecule has 2 N–H and O–H groups in total. The highest BCUT2D eigenvalue weighted by Crippen LogP contribution is 2.44. The van der Waals surface area contributed by atoms with Gasteiger partial charge in [-0.2, -0.15) is 0 Å². The molecule has 7 nitrogen and oxygen atoms in total. The molecule has 0 radical (unpaired) electrons. The van der Waals surface area contributed by atoms with Crippen molar-refractivity contribution in [2.45, 2.75) is 25.3 Å². The first kappa shape index (κ1) is 23.2. The fourth-order valence-electron chi connectivity index (χ4n) is 4.50. The summed E-state index contributed by atoms with van der Waals surface area (Å²) < 4.78 is 16.2. The SMILES string of the molecule is COc1cc(C)c(CC(NC(=O)OCC2c3ccccc3-c3ccccc32)C(=O)O)c(OC)c1. The smallest absolute Gasteiger partial charge is 0.407 e. The third-order valence-electron chi connectivity index (χ3n) is 6.20. The second kappa shape index (κ2) is 9.87. The van der Waals surface area contributed by atoms with Crippen LogP contribution in [0.5, 0.6) is 11.5 Å². The molecule has 0 heterocycles. The highest BCUT2D eigenvalue weighted by atomic mass is 16.5. The summed E-state index contributed by atoms with van der Waals surface area (Å²) >= 11 is 0. The van der Waals surface area contributed by atoms with Gasteiger partial charge in [-0.1, -0.05) is 48.5 Å². The zero-order chi connectivity index (χ0) is 24.2. The maximum atomic E-state index is 12.6. The van der Waals surface area contributed by atoms with Gasteiger partial charge in [0.2, 0.25) is 0 Å². The van der Waals surface area contributed by atoms with Crippen LogP contribution in [-0.2, 0) is 16.0 Å². The van der Waals surface area contributed by atoms with E-state index in [-0.39, 0.29) is 18.9 Å².